The van der Waals surface area contributed by atoms with Crippen molar-refractivity contribution in [2.75, 3.05) is 67.0 Å². The molecule has 13 heteroatoms. The van der Waals surface area contributed by atoms with Crippen LogP contribution in [-0.4, -0.2) is 108 Å². The third-order valence-corrected chi connectivity index (χ3v) is 7.00. The van der Waals surface area contributed by atoms with Crippen molar-refractivity contribution in [2.45, 2.75) is 25.7 Å². The Labute approximate surface area is 238 Å². The fourth-order valence-corrected chi connectivity index (χ4v) is 4.45. The number of hydrogen-bond acceptors (Lipinski definition) is 7. The molecule has 1 unspecified atom stereocenters. The lowest BCUT2D eigenvalue weighted by molar-refractivity contribution is -0.129. The number of benzene rings is 2. The summed E-state index contributed by atoms with van der Waals surface area (Å²) >= 11 is 0. The Balaban J connectivity index is 0.000000609. The number of ether oxygens (including phenoxy) is 1. The lowest BCUT2D eigenvalue weighted by atomic mass is 10.2. The van der Waals surface area contributed by atoms with E-state index >= 15 is 0 Å². The number of aryl methyl sites for hydroxylation is 1. The van der Waals surface area contributed by atoms with E-state index in [0.717, 1.165) is 50.3 Å². The maximum atomic E-state index is 14.5. The number of hydroxylamine groups is 1. The first-order chi connectivity index (χ1) is 19.0. The van der Waals surface area contributed by atoms with Crippen LogP contribution in [0.2, 0.25) is 0 Å². The molecule has 1 fully saturated rings. The maximum absolute atomic E-state index is 14.5. The van der Waals surface area contributed by atoms with Crippen LogP contribution in [0, 0.1) is 18.6 Å². The second-order valence-electron chi connectivity index (χ2n) is 9.03. The largest absolute Gasteiger partial charge is 0.451 e. The van der Waals surface area contributed by atoms with Gasteiger partial charge in [0.2, 0.25) is 6.41 Å². The Kier molecular flexibility index (Phi) is 16.1. The van der Waals surface area contributed by atoms with Crippen molar-refractivity contribution in [2.24, 2.45) is 0 Å². The Morgan fingerprint density at radius 1 is 1.07 bits per heavy atom. The topological polar surface area (TPSA) is 106 Å². The standard InChI is InChI=1S/C19H23F2N3O4S.C6H12N2O.C2H6/c1-13-4-6-14(7-5-13)28-19-16(20)10-15(11-17(19)21)29(27)24(9-8-23(2)3)12-18(25)22-26;1-7-2-4-8(6-9)5-3-7;1-2/h4-7,10-11,26H,8-9,12H2,1-3H3,(H,22,25);6H,2-5H2,1H3;1-2H3. The van der Waals surface area contributed by atoms with Gasteiger partial charge < -0.3 is 19.4 Å². The number of amides is 2. The van der Waals surface area contributed by atoms with E-state index in [4.69, 9.17) is 9.94 Å². The van der Waals surface area contributed by atoms with Gasteiger partial charge in [0, 0.05) is 39.3 Å². The zero-order valence-corrected chi connectivity index (χ0v) is 24.8. The SMILES string of the molecule is CC.CN1CCN(C=O)CC1.Cc1ccc(Oc2c(F)cc(S(=O)N(CCN(C)C)CC(=O)NO)cc2F)cc1. The zero-order chi connectivity index (χ0) is 30.2. The molecule has 1 aliphatic rings. The van der Waals surface area contributed by atoms with E-state index in [2.05, 4.69) is 11.9 Å². The van der Waals surface area contributed by atoms with E-state index in [1.54, 1.807) is 48.2 Å². The molecule has 0 aromatic heterocycles. The molecule has 0 saturated carbocycles. The minimum atomic E-state index is -2.04. The molecule has 1 saturated heterocycles. The van der Waals surface area contributed by atoms with Crippen LogP contribution in [-0.2, 0) is 20.6 Å². The molecule has 10 nitrogen and oxygen atoms in total. The average molecular weight is 586 g/mol. The molecule has 0 aliphatic carbocycles. The molecule has 0 bridgehead atoms. The number of likely N-dealkylation sites (N-methyl/N-ethyl adjacent to an activating group) is 2. The summed E-state index contributed by atoms with van der Waals surface area (Å²) in [5.41, 5.74) is 2.42. The molecular formula is C27H41F2N5O5S. The molecular weight excluding hydrogens is 544 g/mol. The summed E-state index contributed by atoms with van der Waals surface area (Å²) in [7, 11) is 3.60. The highest BCUT2D eigenvalue weighted by molar-refractivity contribution is 7.82. The van der Waals surface area contributed by atoms with E-state index in [1.165, 1.54) is 9.79 Å². The average Bonchev–Trinajstić information content (AvgIpc) is 2.95. The lowest BCUT2D eigenvalue weighted by Crippen LogP contribution is -2.43. The fourth-order valence-electron chi connectivity index (χ4n) is 3.26. The lowest BCUT2D eigenvalue weighted by Gasteiger charge is -2.29. The summed E-state index contributed by atoms with van der Waals surface area (Å²) in [5, 5.41) is 8.72. The highest BCUT2D eigenvalue weighted by Crippen LogP contribution is 2.30. The summed E-state index contributed by atoms with van der Waals surface area (Å²) in [6.45, 7) is 9.86. The molecule has 1 atom stereocenters. The van der Waals surface area contributed by atoms with Crippen LogP contribution in [0.4, 0.5) is 8.78 Å². The van der Waals surface area contributed by atoms with E-state index in [-0.39, 0.29) is 17.2 Å². The van der Waals surface area contributed by atoms with Crippen molar-refractivity contribution in [3.05, 3.63) is 53.6 Å². The Morgan fingerprint density at radius 3 is 2.10 bits per heavy atom. The number of carbonyl (C=O) groups is 2. The molecule has 2 amide bonds. The Bertz CT molecular complexity index is 1060. The molecule has 2 N–H and O–H groups in total. The number of piperazine rings is 1. The van der Waals surface area contributed by atoms with Gasteiger partial charge in [0.05, 0.1) is 11.4 Å². The smallest absolute Gasteiger partial charge is 0.258 e. The van der Waals surface area contributed by atoms with Gasteiger partial charge >= 0.3 is 0 Å². The van der Waals surface area contributed by atoms with Crippen molar-refractivity contribution in [1.29, 1.82) is 0 Å². The number of halogens is 2. The Hall–Kier alpha value is -2.97. The molecule has 2 aromatic carbocycles. The molecule has 0 spiro atoms. The Morgan fingerprint density at radius 2 is 1.62 bits per heavy atom. The van der Waals surface area contributed by atoms with Gasteiger partial charge in [-0.3, -0.25) is 14.8 Å². The zero-order valence-electron chi connectivity index (χ0n) is 24.0. The number of carbonyl (C=O) groups excluding carboxylic acids is 2. The highest BCUT2D eigenvalue weighted by Gasteiger charge is 2.23. The number of nitrogens with one attached hydrogen (secondary N) is 1. The molecule has 40 heavy (non-hydrogen) atoms. The number of hydrogen-bond donors (Lipinski definition) is 2. The van der Waals surface area contributed by atoms with Gasteiger partial charge in [0.25, 0.3) is 5.91 Å². The predicted molar refractivity (Wildman–Crippen MR) is 151 cm³/mol. The fraction of sp³-hybridized carbons (Fsp3) is 0.481. The summed E-state index contributed by atoms with van der Waals surface area (Å²) in [6.07, 6.45) is 0.924. The first-order valence-electron chi connectivity index (χ1n) is 12.9. The van der Waals surface area contributed by atoms with Gasteiger partial charge in [-0.15, -0.1) is 0 Å². The van der Waals surface area contributed by atoms with Crippen molar-refractivity contribution in [3.63, 3.8) is 0 Å². The summed E-state index contributed by atoms with van der Waals surface area (Å²) in [6, 6.07) is 8.45. The van der Waals surface area contributed by atoms with Gasteiger partial charge in [-0.25, -0.2) is 22.8 Å². The van der Waals surface area contributed by atoms with Crippen LogP contribution in [0.3, 0.4) is 0 Å². The number of rotatable bonds is 10. The third-order valence-electron chi connectivity index (χ3n) is 5.58. The normalized spacial score (nSPS) is 14.0. The van der Waals surface area contributed by atoms with Crippen molar-refractivity contribution >= 4 is 23.3 Å². The minimum Gasteiger partial charge on any atom is -0.451 e. The first-order valence-corrected chi connectivity index (χ1v) is 14.0. The molecule has 224 valence electrons. The van der Waals surface area contributed by atoms with Crippen molar-refractivity contribution in [1.82, 2.24) is 24.5 Å². The van der Waals surface area contributed by atoms with Crippen LogP contribution in [0.5, 0.6) is 11.5 Å². The second-order valence-corrected chi connectivity index (χ2v) is 10.5. The first kappa shape index (κ1) is 35.1. The summed E-state index contributed by atoms with van der Waals surface area (Å²) < 4.78 is 48.3. The van der Waals surface area contributed by atoms with Gasteiger partial charge in [0.1, 0.15) is 16.7 Å². The predicted octanol–water partition coefficient (Wildman–Crippen LogP) is 2.87. The molecule has 0 radical (unpaired) electrons. The van der Waals surface area contributed by atoms with Crippen molar-refractivity contribution in [3.8, 4) is 11.5 Å². The van der Waals surface area contributed by atoms with Crippen LogP contribution >= 0.6 is 0 Å². The van der Waals surface area contributed by atoms with Crippen molar-refractivity contribution < 1.29 is 32.5 Å². The monoisotopic (exact) mass is 585 g/mol. The minimum absolute atomic E-state index is 0.165. The third kappa shape index (κ3) is 12.0. The highest BCUT2D eigenvalue weighted by atomic mass is 32.2. The van der Waals surface area contributed by atoms with Crippen LogP contribution in [0.15, 0.2) is 41.3 Å². The number of nitrogens with zero attached hydrogens (tertiary/aromatic N) is 4. The van der Waals surface area contributed by atoms with Gasteiger partial charge in [-0.2, -0.15) is 0 Å². The quantitative estimate of drug-likeness (QED) is 0.251. The van der Waals surface area contributed by atoms with E-state index in [0.29, 0.717) is 6.54 Å². The van der Waals surface area contributed by atoms with Gasteiger partial charge in [-0.05, 0) is 52.3 Å². The van der Waals surface area contributed by atoms with E-state index in [9.17, 15) is 22.6 Å². The molecule has 2 aromatic rings. The second kappa shape index (κ2) is 18.4. The van der Waals surface area contributed by atoms with Crippen LogP contribution in [0.25, 0.3) is 0 Å². The maximum Gasteiger partial charge on any atom is 0.258 e. The molecule has 3 rings (SSSR count). The van der Waals surface area contributed by atoms with Crippen LogP contribution in [0.1, 0.15) is 19.4 Å². The van der Waals surface area contributed by atoms with E-state index in [1.807, 2.05) is 20.8 Å². The summed E-state index contributed by atoms with van der Waals surface area (Å²) in [5.74, 6) is -3.18. The van der Waals surface area contributed by atoms with Gasteiger partial charge in [0.15, 0.2) is 17.4 Å². The van der Waals surface area contributed by atoms with E-state index < -0.39 is 40.8 Å². The molecule has 1 heterocycles. The van der Waals surface area contributed by atoms with Crippen LogP contribution < -0.4 is 10.2 Å². The summed E-state index contributed by atoms with van der Waals surface area (Å²) in [4.78, 5) is 27.3. The van der Waals surface area contributed by atoms with Gasteiger partial charge in [-0.1, -0.05) is 31.5 Å². The molecule has 1 aliphatic heterocycles.